The van der Waals surface area contributed by atoms with Gasteiger partial charge in [-0.05, 0) is 38.1 Å². The van der Waals surface area contributed by atoms with Gasteiger partial charge in [0.2, 0.25) is 0 Å². The Morgan fingerprint density at radius 1 is 1.15 bits per heavy atom. The van der Waals surface area contributed by atoms with Gasteiger partial charge in [-0.15, -0.1) is 0 Å². The second-order valence-electron chi connectivity index (χ2n) is 4.93. The van der Waals surface area contributed by atoms with Crippen molar-refractivity contribution in [2.45, 2.75) is 19.9 Å². The van der Waals surface area contributed by atoms with Crippen molar-refractivity contribution >= 4 is 10.9 Å². The molecule has 0 fully saturated rings. The van der Waals surface area contributed by atoms with Crippen molar-refractivity contribution < 1.29 is 0 Å². The van der Waals surface area contributed by atoms with Crippen LogP contribution >= 0.6 is 0 Å². The van der Waals surface area contributed by atoms with Gasteiger partial charge < -0.3 is 5.73 Å². The summed E-state index contributed by atoms with van der Waals surface area (Å²) in [6, 6.07) is 9.96. The van der Waals surface area contributed by atoms with Gasteiger partial charge in [0.05, 0.1) is 5.52 Å². The van der Waals surface area contributed by atoms with Crippen LogP contribution in [-0.2, 0) is 0 Å². The molecule has 4 heteroatoms. The molecule has 0 aliphatic rings. The summed E-state index contributed by atoms with van der Waals surface area (Å²) in [6.45, 7) is 3.90. The largest absolute Gasteiger partial charge is 0.324 e. The molecule has 0 aliphatic carbocycles. The highest BCUT2D eigenvalue weighted by Gasteiger charge is 2.09. The first-order valence-corrected chi connectivity index (χ1v) is 6.59. The van der Waals surface area contributed by atoms with E-state index in [1.807, 2.05) is 44.3 Å². The molecule has 3 aromatic rings. The van der Waals surface area contributed by atoms with Crippen LogP contribution in [0.1, 0.15) is 24.2 Å². The Hall–Kier alpha value is -2.33. The molecule has 2 heterocycles. The molecule has 1 aromatic carbocycles. The van der Waals surface area contributed by atoms with Crippen LogP contribution in [-0.4, -0.2) is 15.0 Å². The highest BCUT2D eigenvalue weighted by molar-refractivity contribution is 5.83. The number of fused-ring (bicyclic) bond motifs is 1. The van der Waals surface area contributed by atoms with E-state index in [1.54, 1.807) is 6.20 Å². The third-order valence-corrected chi connectivity index (χ3v) is 3.37. The van der Waals surface area contributed by atoms with E-state index < -0.39 is 0 Å². The normalized spacial score (nSPS) is 12.6. The molecule has 0 spiro atoms. The molecule has 0 bridgehead atoms. The number of hydrogen-bond donors (Lipinski definition) is 1. The summed E-state index contributed by atoms with van der Waals surface area (Å²) >= 11 is 0. The van der Waals surface area contributed by atoms with Crippen LogP contribution < -0.4 is 5.73 Å². The predicted octanol–water partition coefficient (Wildman–Crippen LogP) is 3.02. The molecule has 100 valence electrons. The molecule has 4 nitrogen and oxygen atoms in total. The van der Waals surface area contributed by atoms with E-state index in [9.17, 15) is 0 Å². The Bertz CT molecular complexity index is 765. The van der Waals surface area contributed by atoms with Gasteiger partial charge >= 0.3 is 0 Å². The summed E-state index contributed by atoms with van der Waals surface area (Å²) in [5, 5.41) is 1.09. The monoisotopic (exact) mass is 264 g/mol. The molecule has 0 radical (unpaired) electrons. The van der Waals surface area contributed by atoms with Crippen LogP contribution in [0.5, 0.6) is 0 Å². The number of hydrogen-bond acceptors (Lipinski definition) is 4. The molecule has 3 rings (SSSR count). The van der Waals surface area contributed by atoms with E-state index in [0.717, 1.165) is 33.5 Å². The van der Waals surface area contributed by atoms with Crippen molar-refractivity contribution in [1.29, 1.82) is 0 Å². The standard InChI is InChI=1S/C16H16N4/c1-10(17)14-9-19-16(20-11(14)2)13-5-6-15-12(8-13)4-3-7-18-15/h3-10H,17H2,1-2H3/t10-/m1/s1. The zero-order valence-electron chi connectivity index (χ0n) is 11.5. The van der Waals surface area contributed by atoms with Crippen LogP contribution in [0, 0.1) is 6.92 Å². The minimum Gasteiger partial charge on any atom is -0.324 e. The molecule has 0 aliphatic heterocycles. The Labute approximate surface area is 117 Å². The molecule has 2 N–H and O–H groups in total. The maximum atomic E-state index is 5.89. The molecular formula is C16H16N4. The van der Waals surface area contributed by atoms with E-state index in [-0.39, 0.29) is 6.04 Å². The lowest BCUT2D eigenvalue weighted by atomic mass is 10.1. The number of aryl methyl sites for hydroxylation is 1. The average Bonchev–Trinajstić information content (AvgIpc) is 2.46. The molecule has 0 saturated carbocycles. The molecular weight excluding hydrogens is 248 g/mol. The van der Waals surface area contributed by atoms with Crippen LogP contribution in [0.2, 0.25) is 0 Å². The van der Waals surface area contributed by atoms with Crippen LogP contribution in [0.4, 0.5) is 0 Å². The van der Waals surface area contributed by atoms with Crippen LogP contribution in [0.15, 0.2) is 42.7 Å². The Morgan fingerprint density at radius 2 is 2.00 bits per heavy atom. The number of nitrogens with two attached hydrogens (primary N) is 1. The topological polar surface area (TPSA) is 64.7 Å². The fourth-order valence-electron chi connectivity index (χ4n) is 2.28. The molecule has 0 saturated heterocycles. The SMILES string of the molecule is Cc1nc(-c2ccc3ncccc3c2)ncc1[C@@H](C)N. The highest BCUT2D eigenvalue weighted by Crippen LogP contribution is 2.22. The second kappa shape index (κ2) is 4.98. The summed E-state index contributed by atoms with van der Waals surface area (Å²) in [5.74, 6) is 0.720. The highest BCUT2D eigenvalue weighted by atomic mass is 14.9. The first-order valence-electron chi connectivity index (χ1n) is 6.59. The quantitative estimate of drug-likeness (QED) is 0.772. The van der Waals surface area contributed by atoms with Gasteiger partial charge in [-0.3, -0.25) is 4.98 Å². The number of nitrogens with zero attached hydrogens (tertiary/aromatic N) is 3. The maximum Gasteiger partial charge on any atom is 0.159 e. The summed E-state index contributed by atoms with van der Waals surface area (Å²) < 4.78 is 0. The molecule has 0 amide bonds. The minimum absolute atomic E-state index is 0.0511. The molecule has 0 unspecified atom stereocenters. The maximum absolute atomic E-state index is 5.89. The van der Waals surface area contributed by atoms with E-state index >= 15 is 0 Å². The summed E-state index contributed by atoms with van der Waals surface area (Å²) in [5.41, 5.74) is 9.76. The lowest BCUT2D eigenvalue weighted by molar-refractivity contribution is 0.790. The van der Waals surface area contributed by atoms with E-state index in [2.05, 4.69) is 21.0 Å². The van der Waals surface area contributed by atoms with Crippen LogP contribution in [0.3, 0.4) is 0 Å². The number of benzene rings is 1. The van der Waals surface area contributed by atoms with Gasteiger partial charge in [0.1, 0.15) is 0 Å². The Kier molecular flexibility index (Phi) is 3.16. The van der Waals surface area contributed by atoms with Gasteiger partial charge in [0.25, 0.3) is 0 Å². The van der Waals surface area contributed by atoms with Gasteiger partial charge in [0, 0.05) is 40.6 Å². The number of aromatic nitrogens is 3. The molecule has 20 heavy (non-hydrogen) atoms. The smallest absolute Gasteiger partial charge is 0.159 e. The van der Waals surface area contributed by atoms with Crippen molar-refractivity contribution in [1.82, 2.24) is 15.0 Å². The fraction of sp³-hybridized carbons (Fsp3) is 0.188. The summed E-state index contributed by atoms with van der Waals surface area (Å²) in [4.78, 5) is 13.3. The van der Waals surface area contributed by atoms with Gasteiger partial charge in [0.15, 0.2) is 5.82 Å². The van der Waals surface area contributed by atoms with Crippen LogP contribution in [0.25, 0.3) is 22.3 Å². The molecule has 2 aromatic heterocycles. The number of rotatable bonds is 2. The van der Waals surface area contributed by atoms with Gasteiger partial charge in [-0.2, -0.15) is 0 Å². The zero-order valence-corrected chi connectivity index (χ0v) is 11.5. The lowest BCUT2D eigenvalue weighted by Crippen LogP contribution is -2.09. The summed E-state index contributed by atoms with van der Waals surface area (Å²) in [6.07, 6.45) is 3.61. The molecule has 1 atom stereocenters. The van der Waals surface area contributed by atoms with Crippen molar-refractivity contribution in [3.63, 3.8) is 0 Å². The minimum atomic E-state index is -0.0511. The Morgan fingerprint density at radius 3 is 2.75 bits per heavy atom. The number of pyridine rings is 1. The fourth-order valence-corrected chi connectivity index (χ4v) is 2.28. The third kappa shape index (κ3) is 2.26. The van der Waals surface area contributed by atoms with E-state index in [4.69, 9.17) is 5.73 Å². The van der Waals surface area contributed by atoms with Crippen molar-refractivity contribution in [3.8, 4) is 11.4 Å². The third-order valence-electron chi connectivity index (χ3n) is 3.37. The van der Waals surface area contributed by atoms with Crippen molar-refractivity contribution in [2.75, 3.05) is 0 Å². The Balaban J connectivity index is 2.08. The van der Waals surface area contributed by atoms with E-state index in [0.29, 0.717) is 0 Å². The van der Waals surface area contributed by atoms with E-state index in [1.165, 1.54) is 0 Å². The summed E-state index contributed by atoms with van der Waals surface area (Å²) in [7, 11) is 0. The van der Waals surface area contributed by atoms with Crippen molar-refractivity contribution in [2.24, 2.45) is 5.73 Å². The predicted molar refractivity (Wildman–Crippen MR) is 80.1 cm³/mol. The zero-order chi connectivity index (χ0) is 14.1. The van der Waals surface area contributed by atoms with Gasteiger partial charge in [-0.1, -0.05) is 6.07 Å². The van der Waals surface area contributed by atoms with Crippen molar-refractivity contribution in [3.05, 3.63) is 54.0 Å². The second-order valence-corrected chi connectivity index (χ2v) is 4.93. The first-order chi connectivity index (χ1) is 9.65. The lowest BCUT2D eigenvalue weighted by Gasteiger charge is -2.10. The van der Waals surface area contributed by atoms with Gasteiger partial charge in [-0.25, -0.2) is 9.97 Å². The average molecular weight is 264 g/mol. The first kappa shape index (κ1) is 12.7.